The maximum Gasteiger partial charge on any atom is 0.126 e. The van der Waals surface area contributed by atoms with E-state index in [2.05, 4.69) is 58.9 Å². The molecule has 1 aliphatic heterocycles. The van der Waals surface area contributed by atoms with E-state index in [0.29, 0.717) is 18.4 Å². The number of ether oxygens (including phenoxy) is 1. The van der Waals surface area contributed by atoms with Crippen LogP contribution >= 0.6 is 0 Å². The van der Waals surface area contributed by atoms with Gasteiger partial charge in [0, 0.05) is 17.2 Å². The molecular formula is C21H27NO. The van der Waals surface area contributed by atoms with Crippen molar-refractivity contribution in [3.05, 3.63) is 57.6 Å². The summed E-state index contributed by atoms with van der Waals surface area (Å²) in [6, 6.07) is 9.03. The van der Waals surface area contributed by atoms with Gasteiger partial charge in [-0.3, -0.25) is 0 Å². The Labute approximate surface area is 139 Å². The third-order valence-electron chi connectivity index (χ3n) is 5.13. The summed E-state index contributed by atoms with van der Waals surface area (Å²) in [5.74, 6) is 2.02. The molecule has 1 heterocycles. The molecule has 1 aliphatic rings. The molecule has 2 aromatic carbocycles. The predicted octanol–water partition coefficient (Wildman–Crippen LogP) is 4.92. The minimum atomic E-state index is 0.291. The SMILES string of the molecule is Cc1c(C)c2c(c(C)c1N)C(c1ccc(CC(C)C)cc1)CO2. The minimum Gasteiger partial charge on any atom is -0.492 e. The fourth-order valence-corrected chi connectivity index (χ4v) is 3.65. The molecule has 0 spiro atoms. The van der Waals surface area contributed by atoms with Gasteiger partial charge in [-0.1, -0.05) is 38.1 Å². The average molecular weight is 309 g/mol. The number of benzene rings is 2. The van der Waals surface area contributed by atoms with Crippen LogP contribution in [0.3, 0.4) is 0 Å². The van der Waals surface area contributed by atoms with Crippen molar-refractivity contribution in [3.8, 4) is 5.75 Å². The van der Waals surface area contributed by atoms with Crippen LogP contribution in [0.25, 0.3) is 0 Å². The highest BCUT2D eigenvalue weighted by Gasteiger charge is 2.31. The summed E-state index contributed by atoms with van der Waals surface area (Å²) in [6.07, 6.45) is 1.13. The van der Waals surface area contributed by atoms with Gasteiger partial charge in [0.1, 0.15) is 5.75 Å². The fourth-order valence-electron chi connectivity index (χ4n) is 3.65. The second kappa shape index (κ2) is 5.92. The van der Waals surface area contributed by atoms with Crippen molar-refractivity contribution in [2.75, 3.05) is 12.3 Å². The summed E-state index contributed by atoms with van der Waals surface area (Å²) in [7, 11) is 0. The Hall–Kier alpha value is -1.96. The lowest BCUT2D eigenvalue weighted by Crippen LogP contribution is -2.06. The van der Waals surface area contributed by atoms with Crippen molar-refractivity contribution in [1.29, 1.82) is 0 Å². The van der Waals surface area contributed by atoms with E-state index < -0.39 is 0 Å². The number of nitrogens with two attached hydrogens (primary N) is 1. The van der Waals surface area contributed by atoms with E-state index in [4.69, 9.17) is 10.5 Å². The number of hydrogen-bond acceptors (Lipinski definition) is 2. The highest BCUT2D eigenvalue weighted by atomic mass is 16.5. The van der Waals surface area contributed by atoms with Crippen LogP contribution in [0.4, 0.5) is 5.69 Å². The van der Waals surface area contributed by atoms with Gasteiger partial charge in [-0.25, -0.2) is 0 Å². The number of rotatable bonds is 3. The first kappa shape index (κ1) is 15.9. The highest BCUT2D eigenvalue weighted by molar-refractivity contribution is 5.68. The second-order valence-corrected chi connectivity index (χ2v) is 7.23. The molecule has 0 amide bonds. The van der Waals surface area contributed by atoms with Gasteiger partial charge in [0.2, 0.25) is 0 Å². The first-order chi connectivity index (χ1) is 10.9. The van der Waals surface area contributed by atoms with Gasteiger partial charge in [0.25, 0.3) is 0 Å². The van der Waals surface area contributed by atoms with E-state index in [0.717, 1.165) is 23.4 Å². The van der Waals surface area contributed by atoms with E-state index in [9.17, 15) is 0 Å². The van der Waals surface area contributed by atoms with Gasteiger partial charge in [0.05, 0.1) is 6.61 Å². The Morgan fingerprint density at radius 1 is 1.04 bits per heavy atom. The zero-order valence-electron chi connectivity index (χ0n) is 14.9. The van der Waals surface area contributed by atoms with E-state index in [1.54, 1.807) is 0 Å². The van der Waals surface area contributed by atoms with Gasteiger partial charge in [-0.15, -0.1) is 0 Å². The molecule has 122 valence electrons. The average Bonchev–Trinajstić information content (AvgIpc) is 2.96. The molecule has 1 unspecified atom stereocenters. The largest absolute Gasteiger partial charge is 0.492 e. The van der Waals surface area contributed by atoms with E-state index in [-0.39, 0.29) is 0 Å². The lowest BCUT2D eigenvalue weighted by molar-refractivity contribution is 0.341. The van der Waals surface area contributed by atoms with Crippen LogP contribution in [0.1, 0.15) is 53.1 Å². The number of nitrogen functional groups attached to an aromatic ring is 1. The van der Waals surface area contributed by atoms with Gasteiger partial charge in [-0.2, -0.15) is 0 Å². The molecule has 0 aliphatic carbocycles. The molecule has 0 bridgehead atoms. The van der Waals surface area contributed by atoms with Crippen LogP contribution in [-0.4, -0.2) is 6.61 Å². The smallest absolute Gasteiger partial charge is 0.126 e. The predicted molar refractivity (Wildman–Crippen MR) is 97.4 cm³/mol. The summed E-state index contributed by atoms with van der Waals surface area (Å²) in [4.78, 5) is 0. The molecule has 1 atom stereocenters. The Morgan fingerprint density at radius 2 is 1.70 bits per heavy atom. The summed E-state index contributed by atoms with van der Waals surface area (Å²) in [6.45, 7) is 11.5. The van der Waals surface area contributed by atoms with Gasteiger partial charge >= 0.3 is 0 Å². The van der Waals surface area contributed by atoms with Gasteiger partial charge in [-0.05, 0) is 60.9 Å². The standard InChI is InChI=1S/C21H27NO/c1-12(2)10-16-6-8-17(9-7-16)18-11-23-21-14(4)13(3)20(22)15(5)19(18)21/h6-9,12,18H,10-11,22H2,1-5H3. The maximum atomic E-state index is 6.32. The second-order valence-electron chi connectivity index (χ2n) is 7.23. The topological polar surface area (TPSA) is 35.2 Å². The molecule has 2 N–H and O–H groups in total. The molecule has 2 heteroatoms. The number of anilines is 1. The molecule has 2 aromatic rings. The van der Waals surface area contributed by atoms with Crippen LogP contribution in [0, 0.1) is 26.7 Å². The summed E-state index contributed by atoms with van der Waals surface area (Å²) in [5.41, 5.74) is 14.7. The summed E-state index contributed by atoms with van der Waals surface area (Å²) >= 11 is 0. The lowest BCUT2D eigenvalue weighted by atomic mass is 9.86. The molecule has 3 rings (SSSR count). The van der Waals surface area contributed by atoms with Gasteiger partial charge < -0.3 is 10.5 Å². The normalized spacial score (nSPS) is 16.5. The zero-order chi connectivity index (χ0) is 16.7. The van der Waals surface area contributed by atoms with Crippen LogP contribution in [-0.2, 0) is 6.42 Å². The Kier molecular flexibility index (Phi) is 4.09. The molecule has 23 heavy (non-hydrogen) atoms. The molecule has 0 saturated carbocycles. The monoisotopic (exact) mass is 309 g/mol. The first-order valence-corrected chi connectivity index (χ1v) is 8.50. The first-order valence-electron chi connectivity index (χ1n) is 8.50. The van der Waals surface area contributed by atoms with Crippen LogP contribution < -0.4 is 10.5 Å². The molecule has 0 saturated heterocycles. The third kappa shape index (κ3) is 2.71. The van der Waals surface area contributed by atoms with Crippen LogP contribution in [0.5, 0.6) is 5.75 Å². The van der Waals surface area contributed by atoms with E-state index in [1.165, 1.54) is 27.8 Å². The highest BCUT2D eigenvalue weighted by Crippen LogP contribution is 2.45. The number of fused-ring (bicyclic) bond motifs is 1. The minimum absolute atomic E-state index is 0.291. The third-order valence-corrected chi connectivity index (χ3v) is 5.13. The zero-order valence-corrected chi connectivity index (χ0v) is 14.9. The molecule has 2 nitrogen and oxygen atoms in total. The molecule has 0 fully saturated rings. The van der Waals surface area contributed by atoms with Crippen molar-refractivity contribution in [3.63, 3.8) is 0 Å². The van der Waals surface area contributed by atoms with Gasteiger partial charge in [0.15, 0.2) is 0 Å². The fraction of sp³-hybridized carbons (Fsp3) is 0.429. The van der Waals surface area contributed by atoms with Crippen molar-refractivity contribution >= 4 is 5.69 Å². The molecular weight excluding hydrogens is 282 g/mol. The lowest BCUT2D eigenvalue weighted by Gasteiger charge is -2.17. The Balaban J connectivity index is 2.00. The van der Waals surface area contributed by atoms with Crippen LogP contribution in [0.2, 0.25) is 0 Å². The van der Waals surface area contributed by atoms with Crippen molar-refractivity contribution in [1.82, 2.24) is 0 Å². The van der Waals surface area contributed by atoms with Crippen molar-refractivity contribution in [2.24, 2.45) is 5.92 Å². The molecule has 0 radical (unpaired) electrons. The van der Waals surface area contributed by atoms with Crippen LogP contribution in [0.15, 0.2) is 24.3 Å². The maximum absolute atomic E-state index is 6.32. The Bertz CT molecular complexity index is 729. The van der Waals surface area contributed by atoms with Crippen molar-refractivity contribution < 1.29 is 4.74 Å². The quantitative estimate of drug-likeness (QED) is 0.817. The Morgan fingerprint density at radius 3 is 2.30 bits per heavy atom. The van der Waals surface area contributed by atoms with Crippen molar-refractivity contribution in [2.45, 2.75) is 47.0 Å². The van der Waals surface area contributed by atoms with E-state index in [1.807, 2.05) is 0 Å². The van der Waals surface area contributed by atoms with E-state index >= 15 is 0 Å². The molecule has 0 aromatic heterocycles. The number of hydrogen-bond donors (Lipinski definition) is 1. The summed E-state index contributed by atoms with van der Waals surface area (Å²) < 4.78 is 6.05. The summed E-state index contributed by atoms with van der Waals surface area (Å²) in [5, 5.41) is 0.